The molecule has 0 amide bonds. The molecule has 3 nitrogen and oxygen atoms in total. The SMILES string of the molecule is OC1CCCn2c(-c3ccccc3)nc(Cl)c21. The van der Waals surface area contributed by atoms with E-state index in [1.165, 1.54) is 0 Å². The number of aromatic nitrogens is 2. The first-order chi connectivity index (χ1) is 8.27. The number of imidazole rings is 1. The van der Waals surface area contributed by atoms with Crippen molar-refractivity contribution in [3.05, 3.63) is 41.2 Å². The molecule has 0 fully saturated rings. The first-order valence-electron chi connectivity index (χ1n) is 5.77. The molecule has 1 aliphatic heterocycles. The van der Waals surface area contributed by atoms with Crippen LogP contribution in [0.15, 0.2) is 30.3 Å². The van der Waals surface area contributed by atoms with Gasteiger partial charge in [-0.15, -0.1) is 0 Å². The number of fused-ring (bicyclic) bond motifs is 1. The summed E-state index contributed by atoms with van der Waals surface area (Å²) in [6.45, 7) is 0.871. The Morgan fingerprint density at radius 2 is 2.06 bits per heavy atom. The number of nitrogens with zero attached hydrogens (tertiary/aromatic N) is 2. The van der Waals surface area contributed by atoms with Crippen LogP contribution in [-0.2, 0) is 6.54 Å². The van der Waals surface area contributed by atoms with Gasteiger partial charge >= 0.3 is 0 Å². The van der Waals surface area contributed by atoms with Crippen LogP contribution in [0.3, 0.4) is 0 Å². The van der Waals surface area contributed by atoms with Crippen LogP contribution in [0.5, 0.6) is 0 Å². The second-order valence-electron chi connectivity index (χ2n) is 4.29. The second-order valence-corrected chi connectivity index (χ2v) is 4.65. The Bertz CT molecular complexity index is 536. The zero-order valence-corrected chi connectivity index (χ0v) is 10.1. The fraction of sp³-hybridized carbons (Fsp3) is 0.308. The largest absolute Gasteiger partial charge is 0.387 e. The van der Waals surface area contributed by atoms with Crippen LogP contribution in [-0.4, -0.2) is 14.7 Å². The van der Waals surface area contributed by atoms with E-state index in [-0.39, 0.29) is 0 Å². The van der Waals surface area contributed by atoms with Crippen LogP contribution >= 0.6 is 11.6 Å². The number of aliphatic hydroxyl groups is 1. The molecule has 2 heterocycles. The molecule has 3 rings (SSSR count). The Hall–Kier alpha value is -1.32. The zero-order chi connectivity index (χ0) is 11.8. The van der Waals surface area contributed by atoms with Gasteiger partial charge in [-0.1, -0.05) is 41.9 Å². The van der Waals surface area contributed by atoms with E-state index < -0.39 is 6.10 Å². The molecule has 1 N–H and O–H groups in total. The highest BCUT2D eigenvalue weighted by Crippen LogP contribution is 2.35. The maximum Gasteiger partial charge on any atom is 0.153 e. The van der Waals surface area contributed by atoms with Crippen LogP contribution in [0.25, 0.3) is 11.4 Å². The molecule has 1 unspecified atom stereocenters. The molecular weight excluding hydrogens is 236 g/mol. The second kappa shape index (κ2) is 4.17. The fourth-order valence-electron chi connectivity index (χ4n) is 2.37. The van der Waals surface area contributed by atoms with Crippen molar-refractivity contribution < 1.29 is 5.11 Å². The molecule has 1 aromatic carbocycles. The third-order valence-corrected chi connectivity index (χ3v) is 3.45. The molecule has 0 saturated carbocycles. The smallest absolute Gasteiger partial charge is 0.153 e. The minimum atomic E-state index is -0.485. The standard InChI is InChI=1S/C13H13ClN2O/c14-12-11-10(17)7-4-8-16(11)13(15-12)9-5-2-1-3-6-9/h1-3,5-6,10,17H,4,7-8H2. The molecule has 0 radical (unpaired) electrons. The predicted octanol–water partition coefficient (Wildman–Crippen LogP) is 3.03. The van der Waals surface area contributed by atoms with Gasteiger partial charge in [-0.2, -0.15) is 0 Å². The highest BCUT2D eigenvalue weighted by molar-refractivity contribution is 6.30. The van der Waals surface area contributed by atoms with Crippen molar-refractivity contribution in [1.29, 1.82) is 0 Å². The average molecular weight is 249 g/mol. The molecule has 0 saturated heterocycles. The van der Waals surface area contributed by atoms with Crippen LogP contribution in [0.4, 0.5) is 0 Å². The van der Waals surface area contributed by atoms with E-state index in [1.54, 1.807) is 0 Å². The van der Waals surface area contributed by atoms with Gasteiger partial charge in [-0.3, -0.25) is 0 Å². The monoisotopic (exact) mass is 248 g/mol. The van der Waals surface area contributed by atoms with Crippen LogP contribution in [0.2, 0.25) is 5.15 Å². The summed E-state index contributed by atoms with van der Waals surface area (Å²) < 4.78 is 2.03. The first kappa shape index (κ1) is 10.8. The molecule has 17 heavy (non-hydrogen) atoms. The minimum Gasteiger partial charge on any atom is -0.387 e. The summed E-state index contributed by atoms with van der Waals surface area (Å²) in [5.74, 6) is 0.851. The summed E-state index contributed by atoms with van der Waals surface area (Å²) >= 11 is 6.12. The molecule has 0 spiro atoms. The van der Waals surface area contributed by atoms with Crippen molar-refractivity contribution in [2.45, 2.75) is 25.5 Å². The third kappa shape index (κ3) is 1.75. The third-order valence-electron chi connectivity index (χ3n) is 3.17. The summed E-state index contributed by atoms with van der Waals surface area (Å²) in [5, 5.41) is 10.4. The van der Waals surface area contributed by atoms with Gasteiger partial charge in [0, 0.05) is 12.1 Å². The van der Waals surface area contributed by atoms with Crippen molar-refractivity contribution in [3.63, 3.8) is 0 Å². The lowest BCUT2D eigenvalue weighted by molar-refractivity contribution is 0.139. The van der Waals surface area contributed by atoms with Gasteiger partial charge in [0.2, 0.25) is 0 Å². The van der Waals surface area contributed by atoms with Gasteiger partial charge in [-0.25, -0.2) is 4.98 Å². The van der Waals surface area contributed by atoms with Gasteiger partial charge in [-0.05, 0) is 12.8 Å². The van der Waals surface area contributed by atoms with E-state index in [2.05, 4.69) is 4.98 Å². The Balaban J connectivity index is 2.17. The molecule has 88 valence electrons. The van der Waals surface area contributed by atoms with Crippen molar-refractivity contribution in [1.82, 2.24) is 9.55 Å². The Kier molecular flexibility index (Phi) is 2.65. The number of hydrogen-bond donors (Lipinski definition) is 1. The molecule has 0 bridgehead atoms. The number of rotatable bonds is 1. The molecular formula is C13H13ClN2O. The maximum atomic E-state index is 9.96. The lowest BCUT2D eigenvalue weighted by Gasteiger charge is -2.21. The molecule has 2 aromatic rings. The molecule has 1 atom stereocenters. The van der Waals surface area contributed by atoms with E-state index >= 15 is 0 Å². The molecule has 0 aliphatic carbocycles. The van der Waals surface area contributed by atoms with Gasteiger partial charge in [0.05, 0.1) is 11.8 Å². The van der Waals surface area contributed by atoms with E-state index in [9.17, 15) is 5.11 Å². The number of aliphatic hydroxyl groups excluding tert-OH is 1. The van der Waals surface area contributed by atoms with Gasteiger partial charge < -0.3 is 9.67 Å². The predicted molar refractivity (Wildman–Crippen MR) is 66.9 cm³/mol. The van der Waals surface area contributed by atoms with Crippen LogP contribution < -0.4 is 0 Å². The Morgan fingerprint density at radius 1 is 1.29 bits per heavy atom. The summed E-state index contributed by atoms with van der Waals surface area (Å²) in [7, 11) is 0. The summed E-state index contributed by atoms with van der Waals surface area (Å²) in [6, 6.07) is 9.94. The number of halogens is 1. The Morgan fingerprint density at radius 3 is 2.82 bits per heavy atom. The highest BCUT2D eigenvalue weighted by Gasteiger charge is 2.25. The summed E-state index contributed by atoms with van der Waals surface area (Å²) in [4.78, 5) is 4.38. The maximum absolute atomic E-state index is 9.96. The highest BCUT2D eigenvalue weighted by atomic mass is 35.5. The summed E-state index contributed by atoms with van der Waals surface area (Å²) in [6.07, 6.45) is 1.24. The van der Waals surface area contributed by atoms with Gasteiger partial charge in [0.15, 0.2) is 5.15 Å². The molecule has 4 heteroatoms. The van der Waals surface area contributed by atoms with Crippen LogP contribution in [0.1, 0.15) is 24.6 Å². The zero-order valence-electron chi connectivity index (χ0n) is 9.31. The van der Waals surface area contributed by atoms with E-state index in [0.717, 1.165) is 36.5 Å². The lowest BCUT2D eigenvalue weighted by atomic mass is 10.1. The van der Waals surface area contributed by atoms with E-state index in [0.29, 0.717) is 5.15 Å². The van der Waals surface area contributed by atoms with Crippen molar-refractivity contribution >= 4 is 11.6 Å². The lowest BCUT2D eigenvalue weighted by Crippen LogP contribution is -2.15. The first-order valence-corrected chi connectivity index (χ1v) is 6.14. The Labute approximate surface area is 105 Å². The molecule has 1 aliphatic rings. The van der Waals surface area contributed by atoms with E-state index in [1.807, 2.05) is 34.9 Å². The normalized spacial score (nSPS) is 19.1. The van der Waals surface area contributed by atoms with Gasteiger partial charge in [0.25, 0.3) is 0 Å². The van der Waals surface area contributed by atoms with Crippen LogP contribution in [0, 0.1) is 0 Å². The number of hydrogen-bond acceptors (Lipinski definition) is 2. The minimum absolute atomic E-state index is 0.427. The quantitative estimate of drug-likeness (QED) is 0.842. The van der Waals surface area contributed by atoms with Crippen molar-refractivity contribution in [2.24, 2.45) is 0 Å². The van der Waals surface area contributed by atoms with E-state index in [4.69, 9.17) is 11.6 Å². The topological polar surface area (TPSA) is 38.0 Å². The van der Waals surface area contributed by atoms with Crippen molar-refractivity contribution in [3.8, 4) is 11.4 Å². The summed E-state index contributed by atoms with van der Waals surface area (Å²) in [5.41, 5.74) is 1.80. The fourth-order valence-corrected chi connectivity index (χ4v) is 2.67. The number of benzene rings is 1. The van der Waals surface area contributed by atoms with Crippen molar-refractivity contribution in [2.75, 3.05) is 0 Å². The van der Waals surface area contributed by atoms with Gasteiger partial charge in [0.1, 0.15) is 5.82 Å². The average Bonchev–Trinajstić information content (AvgIpc) is 2.69. The molecule has 1 aromatic heterocycles.